The zero-order valence-electron chi connectivity index (χ0n) is 9.73. The van der Waals surface area contributed by atoms with E-state index in [1.807, 2.05) is 12.1 Å². The van der Waals surface area contributed by atoms with Crippen LogP contribution in [0.5, 0.6) is 0 Å². The average molecular weight is 255 g/mol. The first kappa shape index (κ1) is 12.2. The van der Waals surface area contributed by atoms with Crippen LogP contribution in [0.3, 0.4) is 0 Å². The number of benzene rings is 1. The van der Waals surface area contributed by atoms with Crippen molar-refractivity contribution in [2.45, 2.75) is 12.5 Å². The van der Waals surface area contributed by atoms with Gasteiger partial charge < -0.3 is 10.6 Å². The number of hydrogen-bond acceptors (Lipinski definition) is 4. The lowest BCUT2D eigenvalue weighted by molar-refractivity contribution is 0.607. The Morgan fingerprint density at radius 1 is 1.24 bits per heavy atom. The van der Waals surface area contributed by atoms with Crippen molar-refractivity contribution in [2.24, 2.45) is 0 Å². The summed E-state index contributed by atoms with van der Waals surface area (Å²) in [4.78, 5) is 0. The highest BCUT2D eigenvalue weighted by molar-refractivity contribution is 7.92. The van der Waals surface area contributed by atoms with E-state index < -0.39 is 10.0 Å². The molecule has 3 N–H and O–H groups in total. The van der Waals surface area contributed by atoms with Gasteiger partial charge in [-0.2, -0.15) is 0 Å². The molecule has 0 aromatic heterocycles. The van der Waals surface area contributed by atoms with Gasteiger partial charge in [0.1, 0.15) is 0 Å². The molecule has 17 heavy (non-hydrogen) atoms. The first-order valence-corrected chi connectivity index (χ1v) is 7.47. The third-order valence-electron chi connectivity index (χ3n) is 2.62. The largest absolute Gasteiger partial charge is 0.381 e. The summed E-state index contributed by atoms with van der Waals surface area (Å²) in [5, 5.41) is 6.67. The maximum absolute atomic E-state index is 11.0. The second-order valence-corrected chi connectivity index (χ2v) is 6.03. The number of nitrogens with one attached hydrogen (secondary N) is 3. The molecule has 1 aromatic rings. The lowest BCUT2D eigenvalue weighted by Gasteiger charge is -2.13. The normalized spacial score (nSPS) is 20.2. The summed E-state index contributed by atoms with van der Waals surface area (Å²) in [5.74, 6) is 0. The van der Waals surface area contributed by atoms with Crippen molar-refractivity contribution in [3.8, 4) is 0 Å². The maximum atomic E-state index is 11.0. The Kier molecular flexibility index (Phi) is 3.54. The molecule has 1 aliphatic heterocycles. The van der Waals surface area contributed by atoms with E-state index >= 15 is 0 Å². The van der Waals surface area contributed by atoms with Crippen LogP contribution < -0.4 is 15.4 Å². The molecule has 0 spiro atoms. The van der Waals surface area contributed by atoms with Crippen molar-refractivity contribution in [3.05, 3.63) is 24.3 Å². The van der Waals surface area contributed by atoms with Crippen molar-refractivity contribution >= 4 is 21.4 Å². The van der Waals surface area contributed by atoms with Gasteiger partial charge >= 0.3 is 0 Å². The average Bonchev–Trinajstić information content (AvgIpc) is 2.71. The Morgan fingerprint density at radius 2 is 1.88 bits per heavy atom. The number of rotatable bonds is 4. The Bertz CT molecular complexity index is 464. The van der Waals surface area contributed by atoms with E-state index in [0.29, 0.717) is 11.7 Å². The summed E-state index contributed by atoms with van der Waals surface area (Å²) in [6, 6.07) is 7.73. The topological polar surface area (TPSA) is 70.2 Å². The lowest BCUT2D eigenvalue weighted by Crippen LogP contribution is -2.21. The van der Waals surface area contributed by atoms with Crippen LogP contribution in [0.15, 0.2) is 24.3 Å². The van der Waals surface area contributed by atoms with Crippen LogP contribution in [-0.2, 0) is 10.0 Å². The summed E-state index contributed by atoms with van der Waals surface area (Å²) < 4.78 is 24.5. The molecule has 2 rings (SSSR count). The summed E-state index contributed by atoms with van der Waals surface area (Å²) in [7, 11) is -3.19. The molecule has 1 heterocycles. The highest BCUT2D eigenvalue weighted by Crippen LogP contribution is 2.16. The van der Waals surface area contributed by atoms with Gasteiger partial charge in [-0.05, 0) is 37.2 Å². The summed E-state index contributed by atoms with van der Waals surface area (Å²) in [6.07, 6.45) is 2.26. The van der Waals surface area contributed by atoms with E-state index in [4.69, 9.17) is 0 Å². The van der Waals surface area contributed by atoms with Gasteiger partial charge in [0.05, 0.1) is 6.26 Å². The molecule has 1 aromatic carbocycles. The van der Waals surface area contributed by atoms with E-state index in [1.54, 1.807) is 12.1 Å². The predicted octanol–water partition coefficient (Wildman–Crippen LogP) is 0.832. The van der Waals surface area contributed by atoms with Gasteiger partial charge in [-0.25, -0.2) is 8.42 Å². The van der Waals surface area contributed by atoms with Gasteiger partial charge in [-0.3, -0.25) is 4.72 Å². The molecule has 1 atom stereocenters. The molecule has 0 aliphatic carbocycles. The molecule has 1 unspecified atom stereocenters. The molecule has 5 nitrogen and oxygen atoms in total. The lowest BCUT2D eigenvalue weighted by atomic mass is 10.2. The fraction of sp³-hybridized carbons (Fsp3) is 0.455. The van der Waals surface area contributed by atoms with Crippen LogP contribution in [-0.4, -0.2) is 33.8 Å². The van der Waals surface area contributed by atoms with Gasteiger partial charge in [-0.1, -0.05) is 0 Å². The monoisotopic (exact) mass is 255 g/mol. The first-order valence-electron chi connectivity index (χ1n) is 5.58. The van der Waals surface area contributed by atoms with Gasteiger partial charge in [0, 0.05) is 24.0 Å². The third-order valence-corrected chi connectivity index (χ3v) is 3.23. The molecule has 1 aliphatic rings. The summed E-state index contributed by atoms with van der Waals surface area (Å²) >= 11 is 0. The van der Waals surface area contributed by atoms with Crippen LogP contribution in [0.2, 0.25) is 0 Å². The zero-order valence-corrected chi connectivity index (χ0v) is 10.5. The van der Waals surface area contributed by atoms with Gasteiger partial charge in [-0.15, -0.1) is 0 Å². The minimum atomic E-state index is -3.19. The Hall–Kier alpha value is -1.27. The van der Waals surface area contributed by atoms with Crippen LogP contribution in [0, 0.1) is 0 Å². The Balaban J connectivity index is 1.97. The molecule has 1 fully saturated rings. The molecule has 94 valence electrons. The maximum Gasteiger partial charge on any atom is 0.229 e. The second kappa shape index (κ2) is 4.93. The fourth-order valence-electron chi connectivity index (χ4n) is 1.86. The molecule has 6 heteroatoms. The van der Waals surface area contributed by atoms with Crippen LogP contribution >= 0.6 is 0 Å². The molecule has 1 saturated heterocycles. The third kappa shape index (κ3) is 3.90. The Labute approximate surface area is 102 Å². The number of sulfonamides is 1. The van der Waals surface area contributed by atoms with Crippen LogP contribution in [0.4, 0.5) is 11.4 Å². The van der Waals surface area contributed by atoms with Crippen LogP contribution in [0.1, 0.15) is 6.42 Å². The van der Waals surface area contributed by atoms with E-state index in [9.17, 15) is 8.42 Å². The van der Waals surface area contributed by atoms with Crippen molar-refractivity contribution in [1.29, 1.82) is 0 Å². The van der Waals surface area contributed by atoms with Gasteiger partial charge in [0.2, 0.25) is 10.0 Å². The molecular formula is C11H17N3O2S. The van der Waals surface area contributed by atoms with Gasteiger partial charge in [0.15, 0.2) is 0 Å². The smallest absolute Gasteiger partial charge is 0.229 e. The number of anilines is 2. The number of hydrogen-bond donors (Lipinski definition) is 3. The van der Waals surface area contributed by atoms with Crippen molar-refractivity contribution in [3.63, 3.8) is 0 Å². The molecule has 0 bridgehead atoms. The fourth-order valence-corrected chi connectivity index (χ4v) is 2.43. The Morgan fingerprint density at radius 3 is 2.41 bits per heavy atom. The standard InChI is InChI=1S/C11H17N3O2S/c1-17(15,16)14-10-4-2-9(3-5-10)13-11-6-7-12-8-11/h2-5,11-14H,6-8H2,1H3. The predicted molar refractivity (Wildman–Crippen MR) is 69.8 cm³/mol. The minimum absolute atomic E-state index is 0.462. The van der Waals surface area contributed by atoms with Crippen LogP contribution in [0.25, 0.3) is 0 Å². The van der Waals surface area contributed by atoms with E-state index in [-0.39, 0.29) is 0 Å². The first-order chi connectivity index (χ1) is 8.03. The molecular weight excluding hydrogens is 238 g/mol. The second-order valence-electron chi connectivity index (χ2n) is 4.29. The minimum Gasteiger partial charge on any atom is -0.381 e. The molecule has 0 saturated carbocycles. The SMILES string of the molecule is CS(=O)(=O)Nc1ccc(NC2CCNC2)cc1. The van der Waals surface area contributed by atoms with E-state index in [1.165, 1.54) is 0 Å². The zero-order chi connectivity index (χ0) is 12.3. The highest BCUT2D eigenvalue weighted by atomic mass is 32.2. The summed E-state index contributed by atoms with van der Waals surface area (Å²) in [6.45, 7) is 2.02. The van der Waals surface area contributed by atoms with E-state index in [0.717, 1.165) is 31.5 Å². The van der Waals surface area contributed by atoms with Gasteiger partial charge in [0.25, 0.3) is 0 Å². The van der Waals surface area contributed by atoms with Crippen molar-refractivity contribution in [1.82, 2.24) is 5.32 Å². The highest BCUT2D eigenvalue weighted by Gasteiger charge is 2.13. The summed E-state index contributed by atoms with van der Waals surface area (Å²) in [5.41, 5.74) is 1.60. The molecule has 0 amide bonds. The van der Waals surface area contributed by atoms with E-state index in [2.05, 4.69) is 15.4 Å². The van der Waals surface area contributed by atoms with Crippen molar-refractivity contribution < 1.29 is 8.42 Å². The molecule has 0 radical (unpaired) electrons. The van der Waals surface area contributed by atoms with Crippen molar-refractivity contribution in [2.75, 3.05) is 29.4 Å². The quantitative estimate of drug-likeness (QED) is 0.745.